The van der Waals surface area contributed by atoms with Gasteiger partial charge in [-0.2, -0.15) is 0 Å². The Morgan fingerprint density at radius 2 is 1.70 bits per heavy atom. The summed E-state index contributed by atoms with van der Waals surface area (Å²) in [6.45, 7) is 0. The van der Waals surface area contributed by atoms with E-state index in [0.717, 1.165) is 28.0 Å². The Labute approximate surface area is 116 Å². The van der Waals surface area contributed by atoms with E-state index < -0.39 is 0 Å². The minimum Gasteiger partial charge on any atom is -0.496 e. The van der Waals surface area contributed by atoms with Crippen LogP contribution in [0, 0.1) is 0 Å². The fourth-order valence-corrected chi connectivity index (χ4v) is 2.15. The van der Waals surface area contributed by atoms with Gasteiger partial charge in [-0.25, -0.2) is 15.0 Å². The molecule has 0 saturated carbocycles. The van der Waals surface area contributed by atoms with Gasteiger partial charge in [-0.05, 0) is 18.2 Å². The van der Waals surface area contributed by atoms with Crippen molar-refractivity contribution in [3.8, 4) is 22.6 Å². The highest BCUT2D eigenvalue weighted by atomic mass is 16.5. The summed E-state index contributed by atoms with van der Waals surface area (Å²) in [4.78, 5) is 12.5. The first kappa shape index (κ1) is 12.3. The number of rotatable bonds is 3. The maximum Gasteiger partial charge on any atom is 0.162 e. The fraction of sp³-hybridized carbons (Fsp3) is 0.133. The van der Waals surface area contributed by atoms with Crippen molar-refractivity contribution < 1.29 is 9.47 Å². The molecule has 0 N–H and O–H groups in total. The predicted molar refractivity (Wildman–Crippen MR) is 75.9 cm³/mol. The van der Waals surface area contributed by atoms with Crippen LogP contribution in [0.2, 0.25) is 0 Å². The fourth-order valence-electron chi connectivity index (χ4n) is 2.15. The van der Waals surface area contributed by atoms with Crippen LogP contribution in [0.1, 0.15) is 0 Å². The predicted octanol–water partition coefficient (Wildman–Crippen LogP) is 2.71. The van der Waals surface area contributed by atoms with Crippen molar-refractivity contribution in [1.82, 2.24) is 15.0 Å². The van der Waals surface area contributed by atoms with Gasteiger partial charge >= 0.3 is 0 Å². The Hall–Kier alpha value is -2.69. The van der Waals surface area contributed by atoms with Crippen LogP contribution in [-0.2, 0) is 0 Å². The van der Waals surface area contributed by atoms with Crippen LogP contribution in [0.4, 0.5) is 0 Å². The molecule has 0 unspecified atom stereocenters. The first-order valence-corrected chi connectivity index (χ1v) is 6.10. The SMILES string of the molecule is COc1cccc(OC)c1-c1cnc2ncncc2c1. The van der Waals surface area contributed by atoms with E-state index in [4.69, 9.17) is 9.47 Å². The lowest BCUT2D eigenvalue weighted by Gasteiger charge is -2.13. The van der Waals surface area contributed by atoms with Crippen molar-refractivity contribution in [2.75, 3.05) is 14.2 Å². The van der Waals surface area contributed by atoms with Crippen molar-refractivity contribution in [1.29, 1.82) is 0 Å². The highest BCUT2D eigenvalue weighted by Gasteiger charge is 2.13. The third-order valence-electron chi connectivity index (χ3n) is 3.07. The van der Waals surface area contributed by atoms with Crippen LogP contribution < -0.4 is 9.47 Å². The van der Waals surface area contributed by atoms with Gasteiger partial charge in [0.2, 0.25) is 0 Å². The summed E-state index contributed by atoms with van der Waals surface area (Å²) in [6, 6.07) is 7.65. The Morgan fingerprint density at radius 3 is 2.40 bits per heavy atom. The van der Waals surface area contributed by atoms with Gasteiger partial charge in [-0.1, -0.05) is 6.07 Å². The molecule has 0 fully saturated rings. The van der Waals surface area contributed by atoms with Gasteiger partial charge in [0.15, 0.2) is 5.65 Å². The molecule has 0 amide bonds. The number of pyridine rings is 1. The number of benzene rings is 1. The maximum atomic E-state index is 5.42. The molecule has 3 rings (SSSR count). The first-order valence-electron chi connectivity index (χ1n) is 6.10. The van der Waals surface area contributed by atoms with E-state index in [-0.39, 0.29) is 0 Å². The molecule has 0 aliphatic rings. The quantitative estimate of drug-likeness (QED) is 0.730. The molecular weight excluding hydrogens is 254 g/mol. The van der Waals surface area contributed by atoms with E-state index in [2.05, 4.69) is 15.0 Å². The number of methoxy groups -OCH3 is 2. The standard InChI is InChI=1S/C15H13N3O2/c1-19-12-4-3-5-13(20-2)14(12)10-6-11-7-16-9-18-15(11)17-8-10/h3-9H,1-2H3. The molecule has 0 aliphatic carbocycles. The summed E-state index contributed by atoms with van der Waals surface area (Å²) in [5.74, 6) is 1.48. The summed E-state index contributed by atoms with van der Waals surface area (Å²) in [5, 5.41) is 0.873. The topological polar surface area (TPSA) is 57.1 Å². The monoisotopic (exact) mass is 267 g/mol. The minimum absolute atomic E-state index is 0.664. The average molecular weight is 267 g/mol. The molecule has 0 aliphatic heterocycles. The normalized spacial score (nSPS) is 10.5. The van der Waals surface area contributed by atoms with Gasteiger partial charge in [0.1, 0.15) is 17.8 Å². The lowest BCUT2D eigenvalue weighted by atomic mass is 10.0. The minimum atomic E-state index is 0.664. The van der Waals surface area contributed by atoms with Crippen LogP contribution in [-0.4, -0.2) is 29.2 Å². The van der Waals surface area contributed by atoms with Crippen molar-refractivity contribution in [2.45, 2.75) is 0 Å². The van der Waals surface area contributed by atoms with Gasteiger partial charge < -0.3 is 9.47 Å². The number of aromatic nitrogens is 3. The van der Waals surface area contributed by atoms with Gasteiger partial charge in [-0.15, -0.1) is 0 Å². The zero-order chi connectivity index (χ0) is 13.9. The van der Waals surface area contributed by atoms with E-state index in [0.29, 0.717) is 5.65 Å². The van der Waals surface area contributed by atoms with Crippen LogP contribution in [0.15, 0.2) is 43.0 Å². The first-order chi connectivity index (χ1) is 9.83. The molecule has 2 heterocycles. The third kappa shape index (κ3) is 2.03. The molecular formula is C15H13N3O2. The van der Waals surface area contributed by atoms with Crippen LogP contribution in [0.3, 0.4) is 0 Å². The molecule has 3 aromatic rings. The van der Waals surface area contributed by atoms with Crippen molar-refractivity contribution in [3.05, 3.63) is 43.0 Å². The van der Waals surface area contributed by atoms with Crippen molar-refractivity contribution in [2.24, 2.45) is 0 Å². The number of hydrogen-bond donors (Lipinski definition) is 0. The molecule has 0 saturated heterocycles. The summed E-state index contributed by atoms with van der Waals surface area (Å²) < 4.78 is 10.8. The molecule has 5 nitrogen and oxygen atoms in total. The van der Waals surface area contributed by atoms with Crippen LogP contribution in [0.5, 0.6) is 11.5 Å². The van der Waals surface area contributed by atoms with Crippen LogP contribution in [0.25, 0.3) is 22.2 Å². The van der Waals surface area contributed by atoms with E-state index in [1.165, 1.54) is 6.33 Å². The summed E-state index contributed by atoms with van der Waals surface area (Å²) in [5.41, 5.74) is 2.44. The smallest absolute Gasteiger partial charge is 0.162 e. The number of fused-ring (bicyclic) bond motifs is 1. The van der Waals surface area contributed by atoms with E-state index in [1.54, 1.807) is 26.6 Å². The molecule has 0 radical (unpaired) electrons. The van der Waals surface area contributed by atoms with Crippen molar-refractivity contribution >= 4 is 11.0 Å². The van der Waals surface area contributed by atoms with Gasteiger partial charge in [0, 0.05) is 23.3 Å². The number of hydrogen-bond acceptors (Lipinski definition) is 5. The molecule has 20 heavy (non-hydrogen) atoms. The van der Waals surface area contributed by atoms with E-state index in [9.17, 15) is 0 Å². The maximum absolute atomic E-state index is 5.42. The number of ether oxygens (including phenoxy) is 2. The zero-order valence-corrected chi connectivity index (χ0v) is 11.2. The molecule has 0 bridgehead atoms. The Morgan fingerprint density at radius 1 is 0.950 bits per heavy atom. The highest BCUT2D eigenvalue weighted by Crippen LogP contribution is 2.38. The highest BCUT2D eigenvalue weighted by molar-refractivity contribution is 5.84. The molecule has 1 aromatic carbocycles. The lowest BCUT2D eigenvalue weighted by molar-refractivity contribution is 0.397. The van der Waals surface area contributed by atoms with E-state index in [1.807, 2.05) is 24.3 Å². The largest absolute Gasteiger partial charge is 0.496 e. The molecule has 2 aromatic heterocycles. The molecule has 0 atom stereocenters. The lowest BCUT2D eigenvalue weighted by Crippen LogP contribution is -1.94. The number of nitrogens with zero attached hydrogens (tertiary/aromatic N) is 3. The molecule has 0 spiro atoms. The average Bonchev–Trinajstić information content (AvgIpc) is 2.53. The Kier molecular flexibility index (Phi) is 3.16. The second-order valence-corrected chi connectivity index (χ2v) is 4.20. The zero-order valence-electron chi connectivity index (χ0n) is 11.2. The van der Waals surface area contributed by atoms with Gasteiger partial charge in [0.05, 0.1) is 19.8 Å². The third-order valence-corrected chi connectivity index (χ3v) is 3.07. The summed E-state index contributed by atoms with van der Waals surface area (Å²) in [7, 11) is 3.27. The van der Waals surface area contributed by atoms with Crippen LogP contribution >= 0.6 is 0 Å². The molecule has 5 heteroatoms. The Balaban J connectivity index is 2.24. The summed E-state index contributed by atoms with van der Waals surface area (Å²) in [6.07, 6.45) is 4.98. The second-order valence-electron chi connectivity index (χ2n) is 4.20. The Bertz CT molecular complexity index is 737. The van der Waals surface area contributed by atoms with Gasteiger partial charge in [0.25, 0.3) is 0 Å². The van der Waals surface area contributed by atoms with Gasteiger partial charge in [-0.3, -0.25) is 0 Å². The molecule has 100 valence electrons. The van der Waals surface area contributed by atoms with Crippen molar-refractivity contribution in [3.63, 3.8) is 0 Å². The second kappa shape index (κ2) is 5.13. The summed E-state index contributed by atoms with van der Waals surface area (Å²) >= 11 is 0. The van der Waals surface area contributed by atoms with E-state index >= 15 is 0 Å².